The highest BCUT2D eigenvalue weighted by atomic mass is 35.5. The number of anilines is 1. The third-order valence-corrected chi connectivity index (χ3v) is 4.80. The number of piperazine rings is 1. The number of carbonyl (C=O) groups is 1. The van der Waals surface area contributed by atoms with E-state index < -0.39 is 0 Å². The van der Waals surface area contributed by atoms with Gasteiger partial charge in [-0.2, -0.15) is 0 Å². The van der Waals surface area contributed by atoms with Crippen LogP contribution < -0.4 is 4.90 Å². The maximum Gasteiger partial charge on any atom is 0.228 e. The van der Waals surface area contributed by atoms with E-state index in [9.17, 15) is 4.79 Å². The van der Waals surface area contributed by atoms with Gasteiger partial charge in [-0.25, -0.2) is 0 Å². The van der Waals surface area contributed by atoms with Crippen molar-refractivity contribution in [3.05, 3.63) is 29.3 Å². The topological polar surface area (TPSA) is 23.6 Å². The second kappa shape index (κ2) is 5.20. The highest BCUT2D eigenvalue weighted by Crippen LogP contribution is 2.35. The van der Waals surface area contributed by atoms with Crippen LogP contribution in [0.2, 0.25) is 5.02 Å². The Morgan fingerprint density at radius 1 is 1.10 bits per heavy atom. The summed E-state index contributed by atoms with van der Waals surface area (Å²) in [5.41, 5.74) is 0.919. The number of nitrogens with zero attached hydrogens (tertiary/aromatic N) is 2. The second-order valence-electron chi connectivity index (χ2n) is 7.23. The standard InChI is InChI=1S/C17H23ClN2O/c1-17(2,3)16(21)20-14-8-9-15(20)11-19(10-14)13-6-4-12(18)5-7-13/h4-7,14-15H,8-11H2,1-3H3. The highest BCUT2D eigenvalue weighted by molar-refractivity contribution is 6.30. The summed E-state index contributed by atoms with van der Waals surface area (Å²) in [6.45, 7) is 7.90. The van der Waals surface area contributed by atoms with Gasteiger partial charge >= 0.3 is 0 Å². The van der Waals surface area contributed by atoms with Gasteiger partial charge in [0, 0.05) is 41.3 Å². The molecule has 2 aliphatic rings. The van der Waals surface area contributed by atoms with Crippen LogP contribution in [0, 0.1) is 5.41 Å². The van der Waals surface area contributed by atoms with Gasteiger partial charge < -0.3 is 9.80 Å². The first-order valence-corrected chi connectivity index (χ1v) is 8.07. The predicted octanol–water partition coefficient (Wildman–Crippen LogP) is 3.57. The Labute approximate surface area is 131 Å². The van der Waals surface area contributed by atoms with E-state index in [1.807, 2.05) is 32.9 Å². The Kier molecular flexibility index (Phi) is 3.64. The molecule has 2 fully saturated rings. The fourth-order valence-electron chi connectivity index (χ4n) is 3.48. The zero-order valence-electron chi connectivity index (χ0n) is 13.0. The Hall–Kier alpha value is -1.22. The normalized spacial score (nSPS) is 25.3. The predicted molar refractivity (Wildman–Crippen MR) is 86.8 cm³/mol. The molecule has 0 aliphatic carbocycles. The number of hydrogen-bond acceptors (Lipinski definition) is 2. The van der Waals surface area contributed by atoms with Crippen LogP contribution in [0.5, 0.6) is 0 Å². The molecule has 2 heterocycles. The summed E-state index contributed by atoms with van der Waals surface area (Å²) in [7, 11) is 0. The molecule has 4 heteroatoms. The monoisotopic (exact) mass is 306 g/mol. The van der Waals surface area contributed by atoms with Crippen molar-refractivity contribution in [2.45, 2.75) is 45.7 Å². The van der Waals surface area contributed by atoms with Crippen molar-refractivity contribution in [3.8, 4) is 0 Å². The molecular formula is C17H23ClN2O. The van der Waals surface area contributed by atoms with Gasteiger partial charge in [0.2, 0.25) is 5.91 Å². The van der Waals surface area contributed by atoms with Crippen molar-refractivity contribution in [1.29, 1.82) is 0 Å². The van der Waals surface area contributed by atoms with Crippen molar-refractivity contribution in [3.63, 3.8) is 0 Å². The lowest BCUT2D eigenvalue weighted by molar-refractivity contribution is -0.143. The van der Waals surface area contributed by atoms with E-state index in [4.69, 9.17) is 11.6 Å². The van der Waals surface area contributed by atoms with E-state index in [-0.39, 0.29) is 5.41 Å². The van der Waals surface area contributed by atoms with Crippen LogP contribution in [0.15, 0.2) is 24.3 Å². The lowest BCUT2D eigenvalue weighted by Gasteiger charge is -2.44. The summed E-state index contributed by atoms with van der Waals surface area (Å²) in [4.78, 5) is 17.2. The van der Waals surface area contributed by atoms with Crippen molar-refractivity contribution in [2.24, 2.45) is 5.41 Å². The number of amides is 1. The average Bonchev–Trinajstić information content (AvgIpc) is 2.67. The molecule has 0 N–H and O–H groups in total. The Balaban J connectivity index is 1.78. The third-order valence-electron chi connectivity index (χ3n) is 4.55. The third kappa shape index (κ3) is 2.76. The van der Waals surface area contributed by atoms with Gasteiger partial charge in [0.25, 0.3) is 0 Å². The molecule has 1 aromatic rings. The molecule has 0 saturated carbocycles. The van der Waals surface area contributed by atoms with E-state index in [0.717, 1.165) is 31.0 Å². The number of halogens is 1. The lowest BCUT2D eigenvalue weighted by Crippen LogP contribution is -2.58. The van der Waals surface area contributed by atoms with Gasteiger partial charge in [0.1, 0.15) is 0 Å². The van der Waals surface area contributed by atoms with Gasteiger partial charge in [0.05, 0.1) is 0 Å². The minimum absolute atomic E-state index is 0.288. The molecule has 0 radical (unpaired) electrons. The van der Waals surface area contributed by atoms with Gasteiger partial charge in [-0.15, -0.1) is 0 Å². The maximum atomic E-state index is 12.7. The van der Waals surface area contributed by atoms with Gasteiger partial charge in [-0.1, -0.05) is 32.4 Å². The summed E-state index contributed by atoms with van der Waals surface area (Å²) in [5.74, 6) is 0.297. The first kappa shape index (κ1) is 14.7. The Bertz CT molecular complexity index is 521. The SMILES string of the molecule is CC(C)(C)C(=O)N1C2CCC1CN(c1ccc(Cl)cc1)C2. The van der Waals surface area contributed by atoms with E-state index in [1.165, 1.54) is 5.69 Å². The fraction of sp³-hybridized carbons (Fsp3) is 0.588. The maximum absolute atomic E-state index is 12.7. The molecule has 114 valence electrons. The second-order valence-corrected chi connectivity index (χ2v) is 7.67. The van der Waals surface area contributed by atoms with E-state index >= 15 is 0 Å². The molecule has 3 nitrogen and oxygen atoms in total. The number of carbonyl (C=O) groups excluding carboxylic acids is 1. The number of benzene rings is 1. The molecule has 2 saturated heterocycles. The summed E-state index contributed by atoms with van der Waals surface area (Å²) >= 11 is 5.96. The summed E-state index contributed by atoms with van der Waals surface area (Å²) in [5, 5.41) is 0.767. The zero-order chi connectivity index (χ0) is 15.2. The number of hydrogen-bond donors (Lipinski definition) is 0. The van der Waals surface area contributed by atoms with Crippen LogP contribution in [-0.4, -0.2) is 36.0 Å². The largest absolute Gasteiger partial charge is 0.367 e. The minimum Gasteiger partial charge on any atom is -0.367 e. The number of fused-ring (bicyclic) bond motifs is 2. The van der Waals surface area contributed by atoms with Crippen molar-refractivity contribution in [2.75, 3.05) is 18.0 Å². The van der Waals surface area contributed by atoms with Gasteiger partial charge in [-0.05, 0) is 37.1 Å². The van der Waals surface area contributed by atoms with Crippen LogP contribution in [0.4, 0.5) is 5.69 Å². The van der Waals surface area contributed by atoms with Crippen LogP contribution in [-0.2, 0) is 4.79 Å². The first-order chi connectivity index (χ1) is 9.86. The summed E-state index contributed by atoms with van der Waals surface area (Å²) < 4.78 is 0. The van der Waals surface area contributed by atoms with Crippen LogP contribution in [0.1, 0.15) is 33.6 Å². The zero-order valence-corrected chi connectivity index (χ0v) is 13.7. The molecular weight excluding hydrogens is 284 g/mol. The first-order valence-electron chi connectivity index (χ1n) is 7.69. The number of rotatable bonds is 1. The van der Waals surface area contributed by atoms with Crippen molar-refractivity contribution >= 4 is 23.2 Å². The van der Waals surface area contributed by atoms with Gasteiger partial charge in [0.15, 0.2) is 0 Å². The average molecular weight is 307 g/mol. The summed E-state index contributed by atoms with van der Waals surface area (Å²) in [6.07, 6.45) is 2.24. The van der Waals surface area contributed by atoms with Gasteiger partial charge in [-0.3, -0.25) is 4.79 Å². The Morgan fingerprint density at radius 2 is 1.62 bits per heavy atom. The molecule has 2 atom stereocenters. The molecule has 2 aliphatic heterocycles. The van der Waals surface area contributed by atoms with Crippen LogP contribution >= 0.6 is 11.6 Å². The van der Waals surface area contributed by atoms with Crippen molar-refractivity contribution in [1.82, 2.24) is 4.90 Å². The molecule has 1 amide bonds. The molecule has 0 spiro atoms. The lowest BCUT2D eigenvalue weighted by atomic mass is 9.93. The molecule has 1 aromatic carbocycles. The smallest absolute Gasteiger partial charge is 0.228 e. The molecule has 2 unspecified atom stereocenters. The molecule has 3 rings (SSSR count). The molecule has 2 bridgehead atoms. The fourth-order valence-corrected chi connectivity index (χ4v) is 3.61. The highest BCUT2D eigenvalue weighted by Gasteiger charge is 2.45. The molecule has 0 aromatic heterocycles. The van der Waals surface area contributed by atoms with E-state index in [2.05, 4.69) is 21.9 Å². The van der Waals surface area contributed by atoms with Crippen LogP contribution in [0.25, 0.3) is 0 Å². The van der Waals surface area contributed by atoms with Crippen molar-refractivity contribution < 1.29 is 4.79 Å². The van der Waals surface area contributed by atoms with E-state index in [1.54, 1.807) is 0 Å². The van der Waals surface area contributed by atoms with Crippen LogP contribution in [0.3, 0.4) is 0 Å². The minimum atomic E-state index is -0.288. The molecule has 21 heavy (non-hydrogen) atoms. The van der Waals surface area contributed by atoms with E-state index in [0.29, 0.717) is 18.0 Å². The quantitative estimate of drug-likeness (QED) is 0.792. The summed E-state index contributed by atoms with van der Waals surface area (Å²) in [6, 6.07) is 8.72. The Morgan fingerprint density at radius 3 is 2.10 bits per heavy atom.